The van der Waals surface area contributed by atoms with Crippen molar-refractivity contribution in [1.82, 2.24) is 0 Å². The molecule has 0 aromatic rings. The van der Waals surface area contributed by atoms with Crippen LogP contribution in [-0.4, -0.2) is 157 Å². The molecule has 5 saturated heterocycles. The molecular weight excluding hydrogens is 1080 g/mol. The Labute approximate surface area is 515 Å². The SMILES string of the molecule is C=CCCCCCCCCCCCCCCCCCCCCC[C@@H]1CC[C@@]2(C[C@@H](O)[C@H](C[C@@H](O)C[C@@H](C)CCC[C@H]3CC[C@]4(C[C@@H](O)[C@H](C[C@@H](O)C[C@H]5O[C@@H](C[C@@H](O)CC(=O)C[C@@H](O)CC(=C)CCCCCCC)[C@H](O)[C@@H](OC)[C@@H]5O)O4)O3)O2)O1. The van der Waals surface area contributed by atoms with Crippen LogP contribution in [0.3, 0.4) is 0 Å². The van der Waals surface area contributed by atoms with E-state index in [1.165, 1.54) is 155 Å². The lowest BCUT2D eigenvalue weighted by Crippen LogP contribution is -2.59. The highest BCUT2D eigenvalue weighted by atomic mass is 16.7. The minimum absolute atomic E-state index is 0.0508. The number of carbonyl (C=O) groups is 1. The quantitative estimate of drug-likeness (QED) is 0.0209. The lowest BCUT2D eigenvalue weighted by molar-refractivity contribution is -0.241. The number of hydrogen-bond donors (Lipinski definition) is 8. The molecule has 0 unspecified atom stereocenters. The van der Waals surface area contributed by atoms with Crippen LogP contribution >= 0.6 is 0 Å². The molecule has 18 atom stereocenters. The van der Waals surface area contributed by atoms with Gasteiger partial charge in [-0.3, -0.25) is 4.79 Å². The summed E-state index contributed by atoms with van der Waals surface area (Å²) in [6.07, 6.45) is 31.8. The van der Waals surface area contributed by atoms with E-state index in [4.69, 9.17) is 28.4 Å². The maximum Gasteiger partial charge on any atom is 0.171 e. The lowest BCUT2D eigenvalue weighted by atomic mass is 9.88. The van der Waals surface area contributed by atoms with Gasteiger partial charge in [-0.1, -0.05) is 186 Å². The van der Waals surface area contributed by atoms with Crippen molar-refractivity contribution in [3.63, 3.8) is 0 Å². The van der Waals surface area contributed by atoms with Gasteiger partial charge in [-0.15, -0.1) is 6.58 Å². The molecule has 0 saturated carbocycles. The Morgan fingerprint density at radius 1 is 0.553 bits per heavy atom. The van der Waals surface area contributed by atoms with E-state index in [1.54, 1.807) is 0 Å². The Balaban J connectivity index is 0.884. The number of unbranched alkanes of at least 4 members (excludes halogenated alkanes) is 23. The number of ether oxygens (including phenoxy) is 6. The van der Waals surface area contributed by atoms with Crippen LogP contribution in [0.5, 0.6) is 0 Å². The molecule has 2 spiro atoms. The van der Waals surface area contributed by atoms with Crippen LogP contribution in [0.2, 0.25) is 0 Å². The second-order valence-electron chi connectivity index (χ2n) is 27.6. The number of Topliss-reactive ketones (excluding diaryl/α,β-unsaturated/α-hetero) is 1. The highest BCUT2D eigenvalue weighted by Crippen LogP contribution is 2.46. The van der Waals surface area contributed by atoms with Crippen molar-refractivity contribution >= 4 is 5.78 Å². The molecule has 0 radical (unpaired) electrons. The van der Waals surface area contributed by atoms with Gasteiger partial charge in [0, 0.05) is 71.3 Å². The first-order chi connectivity index (χ1) is 41.0. The smallest absolute Gasteiger partial charge is 0.171 e. The Morgan fingerprint density at radius 2 is 0.988 bits per heavy atom. The molecule has 496 valence electrons. The number of allylic oxidation sites excluding steroid dienone is 1. The third-order valence-electron chi connectivity index (χ3n) is 19.6. The first-order valence-electron chi connectivity index (χ1n) is 35.1. The van der Waals surface area contributed by atoms with Crippen LogP contribution in [0, 0.1) is 5.92 Å². The highest BCUT2D eigenvalue weighted by molar-refractivity contribution is 5.79. The molecule has 15 nitrogen and oxygen atoms in total. The summed E-state index contributed by atoms with van der Waals surface area (Å²) in [5.74, 6) is -1.75. The fraction of sp³-hybridized carbons (Fsp3) is 0.929. The zero-order valence-electron chi connectivity index (χ0n) is 53.8. The Kier molecular flexibility index (Phi) is 36.0. The molecule has 5 heterocycles. The first kappa shape index (κ1) is 74.3. The van der Waals surface area contributed by atoms with Gasteiger partial charge < -0.3 is 69.3 Å². The predicted molar refractivity (Wildman–Crippen MR) is 335 cm³/mol. The van der Waals surface area contributed by atoms with E-state index in [9.17, 15) is 45.6 Å². The van der Waals surface area contributed by atoms with Gasteiger partial charge in [-0.2, -0.15) is 0 Å². The van der Waals surface area contributed by atoms with E-state index in [0.717, 1.165) is 69.8 Å². The second-order valence-corrected chi connectivity index (χ2v) is 27.6. The van der Waals surface area contributed by atoms with Crippen molar-refractivity contribution in [3.8, 4) is 0 Å². The number of aliphatic hydroxyl groups is 8. The summed E-state index contributed by atoms with van der Waals surface area (Å²) < 4.78 is 37.4. The molecule has 5 aliphatic heterocycles. The van der Waals surface area contributed by atoms with E-state index in [-0.39, 0.29) is 62.4 Å². The molecule has 0 amide bonds. The monoisotopic (exact) mass is 1210 g/mol. The van der Waals surface area contributed by atoms with Crippen LogP contribution in [0.1, 0.15) is 296 Å². The Hall–Kier alpha value is -1.41. The summed E-state index contributed by atoms with van der Waals surface area (Å²) in [4.78, 5) is 12.8. The minimum atomic E-state index is -1.32. The maximum absolute atomic E-state index is 12.8. The van der Waals surface area contributed by atoms with E-state index in [2.05, 4.69) is 27.0 Å². The third-order valence-corrected chi connectivity index (χ3v) is 19.6. The summed E-state index contributed by atoms with van der Waals surface area (Å²) in [5.41, 5.74) is 0.902. The molecule has 0 aromatic heterocycles. The second kappa shape index (κ2) is 41.1. The number of methoxy groups -OCH3 is 1. The molecule has 0 aromatic carbocycles. The molecule has 5 aliphatic rings. The molecule has 0 aliphatic carbocycles. The number of carbonyl (C=O) groups excluding carboxylic acids is 1. The van der Waals surface area contributed by atoms with E-state index >= 15 is 0 Å². The molecule has 8 N–H and O–H groups in total. The molecule has 5 fully saturated rings. The van der Waals surface area contributed by atoms with Crippen molar-refractivity contribution in [2.75, 3.05) is 7.11 Å². The molecular formula is C70H126O15. The van der Waals surface area contributed by atoms with Crippen LogP contribution in [0.4, 0.5) is 0 Å². The normalized spacial score (nSPS) is 31.3. The van der Waals surface area contributed by atoms with Crippen LogP contribution in [0.25, 0.3) is 0 Å². The van der Waals surface area contributed by atoms with Crippen molar-refractivity contribution in [1.29, 1.82) is 0 Å². The van der Waals surface area contributed by atoms with Gasteiger partial charge in [0.05, 0.1) is 73.2 Å². The largest absolute Gasteiger partial charge is 0.393 e. The van der Waals surface area contributed by atoms with Crippen molar-refractivity contribution in [3.05, 3.63) is 24.8 Å². The molecule has 85 heavy (non-hydrogen) atoms. The van der Waals surface area contributed by atoms with E-state index in [1.807, 2.05) is 6.08 Å². The lowest BCUT2D eigenvalue weighted by Gasteiger charge is -2.43. The van der Waals surface area contributed by atoms with Gasteiger partial charge in [0.15, 0.2) is 11.6 Å². The number of aliphatic hydroxyl groups excluding tert-OH is 8. The topological polar surface area (TPSA) is 234 Å². The summed E-state index contributed by atoms with van der Waals surface area (Å²) in [5, 5.41) is 88.4. The van der Waals surface area contributed by atoms with Crippen LogP contribution in [0.15, 0.2) is 24.8 Å². The Bertz CT molecular complexity index is 1790. The van der Waals surface area contributed by atoms with Gasteiger partial charge >= 0.3 is 0 Å². The van der Waals surface area contributed by atoms with Gasteiger partial charge in [-0.05, 0) is 70.1 Å². The average molecular weight is 1210 g/mol. The van der Waals surface area contributed by atoms with Gasteiger partial charge in [0.25, 0.3) is 0 Å². The summed E-state index contributed by atoms with van der Waals surface area (Å²) in [6, 6.07) is 0. The summed E-state index contributed by atoms with van der Waals surface area (Å²) in [7, 11) is 1.35. The van der Waals surface area contributed by atoms with Crippen LogP contribution in [-0.2, 0) is 33.2 Å². The van der Waals surface area contributed by atoms with E-state index < -0.39 is 90.9 Å². The van der Waals surface area contributed by atoms with Gasteiger partial charge in [0.1, 0.15) is 24.1 Å². The average Bonchev–Trinajstić information content (AvgIpc) is 3.20. The zero-order valence-corrected chi connectivity index (χ0v) is 53.8. The summed E-state index contributed by atoms with van der Waals surface area (Å²) >= 11 is 0. The zero-order chi connectivity index (χ0) is 61.5. The fourth-order valence-corrected chi connectivity index (χ4v) is 14.7. The summed E-state index contributed by atoms with van der Waals surface area (Å²) in [6.45, 7) is 12.2. The highest BCUT2D eigenvalue weighted by Gasteiger charge is 2.53. The first-order valence-corrected chi connectivity index (χ1v) is 35.1. The van der Waals surface area contributed by atoms with Crippen molar-refractivity contribution < 1.29 is 74.1 Å². The fourth-order valence-electron chi connectivity index (χ4n) is 14.7. The van der Waals surface area contributed by atoms with Gasteiger partial charge in [0.2, 0.25) is 0 Å². The predicted octanol–water partition coefficient (Wildman–Crippen LogP) is 12.8. The molecule has 15 heteroatoms. The Morgan fingerprint density at radius 3 is 1.49 bits per heavy atom. The van der Waals surface area contributed by atoms with Gasteiger partial charge in [-0.25, -0.2) is 0 Å². The van der Waals surface area contributed by atoms with E-state index in [0.29, 0.717) is 32.1 Å². The maximum atomic E-state index is 12.8. The molecule has 5 rings (SSSR count). The molecule has 0 bridgehead atoms. The van der Waals surface area contributed by atoms with Crippen molar-refractivity contribution in [2.45, 2.75) is 399 Å². The minimum Gasteiger partial charge on any atom is -0.393 e. The number of rotatable bonds is 49. The number of ketones is 1. The van der Waals surface area contributed by atoms with Crippen molar-refractivity contribution in [2.24, 2.45) is 5.92 Å². The third kappa shape index (κ3) is 27.9. The van der Waals surface area contributed by atoms with Crippen LogP contribution < -0.4 is 0 Å². The number of hydrogen-bond acceptors (Lipinski definition) is 15. The standard InChI is InChI=1S/C70H126O15/c1-6-8-10-12-13-14-15-16-17-18-19-20-21-22-23-24-25-26-27-29-31-35-58-37-39-69(82-58)49-60(76)62(84-69)45-54(72)42-52(4)34-32-36-59-38-40-70(83-59)50-61(77)63(85-70)46-57(75)48-65-67(79)68(80-5)66(78)64(81-65)47-56(74)44-55(73)43-53(71)41-51(3)33-30-28-11-9-7-2/h6,52-54,56-68,71-72,74-79H,1,3,7-50H2,2,4-5H3/t52-,53-,54-,56-,57+,58+,59-,60+,61+,62-,63-,64-,65+,66-,67+,68+,69+,70-/m0/s1.